The van der Waals surface area contributed by atoms with Gasteiger partial charge < -0.3 is 4.74 Å². The Morgan fingerprint density at radius 3 is 2.71 bits per heavy atom. The maximum Gasteiger partial charge on any atom is 0.167 e. The smallest absolute Gasteiger partial charge is 0.167 e. The zero-order valence-electron chi connectivity index (χ0n) is 15.8. The summed E-state index contributed by atoms with van der Waals surface area (Å²) in [6.07, 6.45) is 0.673. The lowest BCUT2D eigenvalue weighted by atomic mass is 9.98. The fourth-order valence-corrected chi connectivity index (χ4v) is 3.34. The summed E-state index contributed by atoms with van der Waals surface area (Å²) >= 11 is 0. The number of carbonyl (C=O) groups excluding carboxylic acids is 1. The van der Waals surface area contributed by atoms with Gasteiger partial charge in [-0.05, 0) is 66.4 Å². The van der Waals surface area contributed by atoms with Gasteiger partial charge in [-0.15, -0.1) is 0 Å². The lowest BCUT2D eigenvalue weighted by Gasteiger charge is -2.07. The summed E-state index contributed by atoms with van der Waals surface area (Å²) < 4.78 is 19.8. The summed E-state index contributed by atoms with van der Waals surface area (Å²) in [5, 5.41) is 0. The van der Waals surface area contributed by atoms with E-state index in [0.29, 0.717) is 17.7 Å². The summed E-state index contributed by atoms with van der Waals surface area (Å²) in [7, 11) is 0. The molecule has 0 bridgehead atoms. The standard InChI is InChI=1S/C24H20FNO2/c1-15-6-8-21(22(25)10-15)17-7-9-23-19(11-17)13-24(26-23)18-4-3-5-20(12-18)28-14-16(2)27/h3-12H,13-14H2,1-2H3. The average molecular weight is 373 g/mol. The number of ketones is 1. The predicted molar refractivity (Wildman–Crippen MR) is 109 cm³/mol. The molecule has 3 nitrogen and oxygen atoms in total. The van der Waals surface area contributed by atoms with Gasteiger partial charge in [-0.1, -0.05) is 30.3 Å². The molecule has 1 heterocycles. The van der Waals surface area contributed by atoms with Crippen LogP contribution in [0.5, 0.6) is 5.75 Å². The van der Waals surface area contributed by atoms with Gasteiger partial charge in [0.05, 0.1) is 11.4 Å². The zero-order chi connectivity index (χ0) is 19.7. The van der Waals surface area contributed by atoms with E-state index in [1.807, 2.05) is 61.5 Å². The Morgan fingerprint density at radius 2 is 1.93 bits per heavy atom. The van der Waals surface area contributed by atoms with Gasteiger partial charge >= 0.3 is 0 Å². The third kappa shape index (κ3) is 3.72. The molecule has 0 unspecified atom stereocenters. The van der Waals surface area contributed by atoms with Crippen LogP contribution in [0.3, 0.4) is 0 Å². The molecule has 0 N–H and O–H groups in total. The number of fused-ring (bicyclic) bond motifs is 1. The van der Waals surface area contributed by atoms with Crippen molar-refractivity contribution in [2.75, 3.05) is 6.61 Å². The number of rotatable bonds is 5. The van der Waals surface area contributed by atoms with E-state index in [1.165, 1.54) is 6.92 Å². The van der Waals surface area contributed by atoms with Crippen LogP contribution in [0.25, 0.3) is 11.1 Å². The molecule has 1 aliphatic rings. The molecule has 0 radical (unpaired) electrons. The molecule has 28 heavy (non-hydrogen) atoms. The van der Waals surface area contributed by atoms with Gasteiger partial charge in [-0.25, -0.2) is 4.39 Å². The molecule has 1 aliphatic heterocycles. The van der Waals surface area contributed by atoms with Crippen molar-refractivity contribution in [3.8, 4) is 16.9 Å². The van der Waals surface area contributed by atoms with Crippen LogP contribution in [-0.4, -0.2) is 18.1 Å². The topological polar surface area (TPSA) is 38.7 Å². The molecule has 0 saturated carbocycles. The second-order valence-electron chi connectivity index (χ2n) is 7.08. The number of ether oxygens (including phenoxy) is 1. The first-order valence-corrected chi connectivity index (χ1v) is 9.19. The van der Waals surface area contributed by atoms with Gasteiger partial charge in [0, 0.05) is 12.0 Å². The van der Waals surface area contributed by atoms with Crippen molar-refractivity contribution in [3.05, 3.63) is 83.2 Å². The highest BCUT2D eigenvalue weighted by Gasteiger charge is 2.18. The van der Waals surface area contributed by atoms with Crippen LogP contribution in [0.4, 0.5) is 10.1 Å². The minimum atomic E-state index is -0.214. The Balaban J connectivity index is 1.58. The Labute approximate surface area is 163 Å². The SMILES string of the molecule is CC(=O)COc1cccc(C2=Nc3ccc(-c4ccc(C)cc4F)cc3C2)c1. The van der Waals surface area contributed by atoms with Crippen LogP contribution in [-0.2, 0) is 11.2 Å². The predicted octanol–water partition coefficient (Wildman–Crippen LogP) is 5.45. The number of hydrogen-bond acceptors (Lipinski definition) is 3. The lowest BCUT2D eigenvalue weighted by Crippen LogP contribution is -2.07. The molecule has 0 atom stereocenters. The van der Waals surface area contributed by atoms with Crippen LogP contribution >= 0.6 is 0 Å². The molecule has 3 aromatic rings. The maximum absolute atomic E-state index is 14.3. The van der Waals surface area contributed by atoms with Crippen molar-refractivity contribution in [1.82, 2.24) is 0 Å². The first-order chi connectivity index (χ1) is 13.5. The quantitative estimate of drug-likeness (QED) is 0.597. The highest BCUT2D eigenvalue weighted by Crippen LogP contribution is 2.34. The zero-order valence-corrected chi connectivity index (χ0v) is 15.8. The summed E-state index contributed by atoms with van der Waals surface area (Å²) in [5.74, 6) is 0.412. The molecule has 4 rings (SSSR count). The lowest BCUT2D eigenvalue weighted by molar-refractivity contribution is -0.118. The summed E-state index contributed by atoms with van der Waals surface area (Å²) in [5.41, 5.74) is 6.22. The highest BCUT2D eigenvalue weighted by atomic mass is 19.1. The minimum Gasteiger partial charge on any atom is -0.486 e. The third-order valence-corrected chi connectivity index (χ3v) is 4.74. The molecular weight excluding hydrogens is 353 g/mol. The van der Waals surface area contributed by atoms with Crippen LogP contribution in [0.2, 0.25) is 0 Å². The third-order valence-electron chi connectivity index (χ3n) is 4.74. The molecule has 3 aromatic carbocycles. The molecule has 0 aliphatic carbocycles. The molecule has 0 spiro atoms. The average Bonchev–Trinajstić information content (AvgIpc) is 3.10. The summed E-state index contributed by atoms with van der Waals surface area (Å²) in [4.78, 5) is 15.9. The summed E-state index contributed by atoms with van der Waals surface area (Å²) in [6.45, 7) is 3.43. The largest absolute Gasteiger partial charge is 0.486 e. The van der Waals surface area contributed by atoms with E-state index >= 15 is 0 Å². The van der Waals surface area contributed by atoms with Gasteiger partial charge in [0.15, 0.2) is 5.78 Å². The number of carbonyl (C=O) groups is 1. The molecular formula is C24H20FNO2. The van der Waals surface area contributed by atoms with Gasteiger partial charge in [-0.3, -0.25) is 9.79 Å². The van der Waals surface area contributed by atoms with Crippen molar-refractivity contribution >= 4 is 17.2 Å². The van der Waals surface area contributed by atoms with E-state index in [2.05, 4.69) is 0 Å². The fraction of sp³-hybridized carbons (Fsp3) is 0.167. The molecule has 4 heteroatoms. The van der Waals surface area contributed by atoms with Crippen molar-refractivity contribution in [2.24, 2.45) is 4.99 Å². The second-order valence-corrected chi connectivity index (χ2v) is 7.08. The normalized spacial score (nSPS) is 12.5. The van der Waals surface area contributed by atoms with E-state index in [4.69, 9.17) is 9.73 Å². The van der Waals surface area contributed by atoms with E-state index < -0.39 is 0 Å². The van der Waals surface area contributed by atoms with Crippen LogP contribution in [0.1, 0.15) is 23.6 Å². The van der Waals surface area contributed by atoms with Crippen molar-refractivity contribution in [3.63, 3.8) is 0 Å². The number of nitrogens with zero attached hydrogens (tertiary/aromatic N) is 1. The molecule has 0 aromatic heterocycles. The molecule has 0 amide bonds. The number of aliphatic imine (C=N–C) groups is 1. The van der Waals surface area contributed by atoms with Crippen LogP contribution in [0.15, 0.2) is 65.7 Å². The molecule has 0 saturated heterocycles. The van der Waals surface area contributed by atoms with Crippen molar-refractivity contribution in [1.29, 1.82) is 0 Å². The minimum absolute atomic E-state index is 0.0214. The first kappa shape index (κ1) is 18.1. The van der Waals surface area contributed by atoms with Crippen molar-refractivity contribution < 1.29 is 13.9 Å². The van der Waals surface area contributed by atoms with Crippen LogP contribution < -0.4 is 4.74 Å². The Hall–Kier alpha value is -3.27. The molecule has 140 valence electrons. The number of benzene rings is 3. The Bertz CT molecular complexity index is 1100. The van der Waals surface area contributed by atoms with Gasteiger partial charge in [0.25, 0.3) is 0 Å². The van der Waals surface area contributed by atoms with E-state index in [1.54, 1.807) is 6.07 Å². The number of Topliss-reactive ketones (excluding diaryl/α,β-unsaturated/α-hetero) is 1. The second kappa shape index (κ2) is 7.39. The van der Waals surface area contributed by atoms with Gasteiger partial charge in [0.2, 0.25) is 0 Å². The Kier molecular flexibility index (Phi) is 4.78. The van der Waals surface area contributed by atoms with E-state index in [-0.39, 0.29) is 18.2 Å². The fourth-order valence-electron chi connectivity index (χ4n) is 3.34. The monoisotopic (exact) mass is 373 g/mol. The number of aryl methyl sites for hydroxylation is 1. The van der Waals surface area contributed by atoms with Crippen LogP contribution in [0, 0.1) is 12.7 Å². The van der Waals surface area contributed by atoms with E-state index in [0.717, 1.165) is 33.7 Å². The highest BCUT2D eigenvalue weighted by molar-refractivity contribution is 6.07. The first-order valence-electron chi connectivity index (χ1n) is 9.19. The van der Waals surface area contributed by atoms with Gasteiger partial charge in [-0.2, -0.15) is 0 Å². The maximum atomic E-state index is 14.3. The Morgan fingerprint density at radius 1 is 1.07 bits per heavy atom. The number of halogens is 1. The van der Waals surface area contributed by atoms with E-state index in [9.17, 15) is 9.18 Å². The molecule has 0 fully saturated rings. The van der Waals surface area contributed by atoms with Gasteiger partial charge in [0.1, 0.15) is 18.2 Å². The van der Waals surface area contributed by atoms with Crippen molar-refractivity contribution in [2.45, 2.75) is 20.3 Å². The summed E-state index contributed by atoms with van der Waals surface area (Å²) in [6, 6.07) is 18.7. The number of hydrogen-bond donors (Lipinski definition) is 0.